The van der Waals surface area contributed by atoms with Crippen molar-refractivity contribution in [2.45, 2.75) is 6.92 Å². The van der Waals surface area contributed by atoms with E-state index in [1.807, 2.05) is 12.3 Å². The Labute approximate surface area is 104 Å². The number of rotatable bonds is 4. The predicted molar refractivity (Wildman–Crippen MR) is 71.4 cm³/mol. The summed E-state index contributed by atoms with van der Waals surface area (Å²) in [6.45, 7) is 8.86. The molecule has 4 nitrogen and oxygen atoms in total. The topological polar surface area (TPSA) is 31.4 Å². The molecule has 94 valence electrons. The van der Waals surface area contributed by atoms with Gasteiger partial charge in [-0.05, 0) is 25.6 Å². The summed E-state index contributed by atoms with van der Waals surface area (Å²) in [4.78, 5) is 9.22. The van der Waals surface area contributed by atoms with E-state index in [4.69, 9.17) is 0 Å². The van der Waals surface area contributed by atoms with Gasteiger partial charge in [0.05, 0.1) is 0 Å². The molecule has 1 aliphatic heterocycles. The van der Waals surface area contributed by atoms with Crippen LogP contribution in [0.3, 0.4) is 0 Å². The van der Waals surface area contributed by atoms with Gasteiger partial charge in [0, 0.05) is 45.5 Å². The van der Waals surface area contributed by atoms with E-state index >= 15 is 0 Å². The van der Waals surface area contributed by atoms with Crippen molar-refractivity contribution in [3.8, 4) is 0 Å². The first-order chi connectivity index (χ1) is 8.24. The van der Waals surface area contributed by atoms with Gasteiger partial charge >= 0.3 is 0 Å². The molecule has 0 atom stereocenters. The van der Waals surface area contributed by atoms with Gasteiger partial charge < -0.3 is 10.2 Å². The van der Waals surface area contributed by atoms with Gasteiger partial charge in [0.25, 0.3) is 0 Å². The van der Waals surface area contributed by atoms with Crippen LogP contribution in [-0.4, -0.2) is 61.1 Å². The molecule has 4 heteroatoms. The number of aryl methyl sites for hydroxylation is 1. The third-order valence-corrected chi connectivity index (χ3v) is 3.24. The van der Waals surface area contributed by atoms with Crippen LogP contribution in [0.2, 0.25) is 0 Å². The van der Waals surface area contributed by atoms with Gasteiger partial charge in [-0.2, -0.15) is 0 Å². The lowest BCUT2D eigenvalue weighted by atomic mass is 10.3. The molecule has 0 spiro atoms. The van der Waals surface area contributed by atoms with Crippen LogP contribution < -0.4 is 5.32 Å². The molecule has 1 aromatic rings. The van der Waals surface area contributed by atoms with E-state index < -0.39 is 0 Å². The van der Waals surface area contributed by atoms with Crippen molar-refractivity contribution in [3.63, 3.8) is 0 Å². The molecule has 1 saturated heterocycles. The number of likely N-dealkylation sites (N-methyl/N-ethyl adjacent to an activating group) is 1. The van der Waals surface area contributed by atoms with Crippen molar-refractivity contribution < 1.29 is 0 Å². The summed E-state index contributed by atoms with van der Waals surface area (Å²) in [6.07, 6.45) is 1.90. The maximum atomic E-state index is 4.34. The summed E-state index contributed by atoms with van der Waals surface area (Å²) < 4.78 is 0. The minimum atomic E-state index is 0.972. The summed E-state index contributed by atoms with van der Waals surface area (Å²) in [6, 6.07) is 4.13. The van der Waals surface area contributed by atoms with E-state index in [2.05, 4.69) is 40.1 Å². The Balaban J connectivity index is 1.67. The Morgan fingerprint density at radius 2 is 2.00 bits per heavy atom. The Hall–Kier alpha value is -1.13. The zero-order chi connectivity index (χ0) is 12.1. The van der Waals surface area contributed by atoms with E-state index in [1.54, 1.807) is 0 Å². The molecule has 0 amide bonds. The molecule has 2 heterocycles. The molecule has 1 aromatic heterocycles. The Kier molecular flexibility index (Phi) is 4.34. The second-order valence-electron chi connectivity index (χ2n) is 4.79. The number of hydrogen-bond donors (Lipinski definition) is 1. The highest BCUT2D eigenvalue weighted by atomic mass is 15.2. The summed E-state index contributed by atoms with van der Waals surface area (Å²) in [5, 5.41) is 3.36. The molecule has 17 heavy (non-hydrogen) atoms. The van der Waals surface area contributed by atoms with Crippen molar-refractivity contribution in [2.75, 3.05) is 51.6 Å². The Bertz CT molecular complexity index is 328. The molecule has 1 aliphatic rings. The molecule has 1 N–H and O–H groups in total. The molecule has 0 aliphatic carbocycles. The average molecular weight is 234 g/mol. The number of pyridine rings is 1. The third-order valence-electron chi connectivity index (χ3n) is 3.24. The van der Waals surface area contributed by atoms with Gasteiger partial charge in [0.15, 0.2) is 0 Å². The molecule has 0 saturated carbocycles. The number of nitrogens with one attached hydrogen (secondary N) is 1. The third kappa shape index (κ3) is 3.98. The summed E-state index contributed by atoms with van der Waals surface area (Å²) in [5.74, 6) is 0.977. The fourth-order valence-corrected chi connectivity index (χ4v) is 1.99. The van der Waals surface area contributed by atoms with Gasteiger partial charge in [0.2, 0.25) is 0 Å². The average Bonchev–Trinajstić information content (AvgIpc) is 2.34. The highest BCUT2D eigenvalue weighted by molar-refractivity contribution is 5.34. The van der Waals surface area contributed by atoms with E-state index in [-0.39, 0.29) is 0 Å². The number of nitrogens with zero attached hydrogens (tertiary/aromatic N) is 3. The van der Waals surface area contributed by atoms with E-state index in [0.717, 1.165) is 18.9 Å². The number of piperazine rings is 1. The van der Waals surface area contributed by atoms with E-state index in [9.17, 15) is 0 Å². The lowest BCUT2D eigenvalue weighted by Crippen LogP contribution is -2.45. The van der Waals surface area contributed by atoms with Gasteiger partial charge in [0.1, 0.15) is 5.82 Å². The van der Waals surface area contributed by atoms with Crippen molar-refractivity contribution in [3.05, 3.63) is 23.9 Å². The van der Waals surface area contributed by atoms with Crippen LogP contribution >= 0.6 is 0 Å². The highest BCUT2D eigenvalue weighted by Crippen LogP contribution is 2.04. The van der Waals surface area contributed by atoms with Gasteiger partial charge in [-0.3, -0.25) is 4.90 Å². The van der Waals surface area contributed by atoms with Gasteiger partial charge in [-0.15, -0.1) is 0 Å². The predicted octanol–water partition coefficient (Wildman–Crippen LogP) is 1.05. The molecule has 0 unspecified atom stereocenters. The summed E-state index contributed by atoms with van der Waals surface area (Å²) in [5.41, 5.74) is 1.20. The Morgan fingerprint density at radius 1 is 1.24 bits per heavy atom. The van der Waals surface area contributed by atoms with Crippen LogP contribution in [-0.2, 0) is 0 Å². The van der Waals surface area contributed by atoms with Crippen molar-refractivity contribution in [2.24, 2.45) is 0 Å². The monoisotopic (exact) mass is 234 g/mol. The zero-order valence-electron chi connectivity index (χ0n) is 10.8. The molecule has 0 aromatic carbocycles. The summed E-state index contributed by atoms with van der Waals surface area (Å²) in [7, 11) is 2.19. The molecule has 0 radical (unpaired) electrons. The van der Waals surface area contributed by atoms with Crippen molar-refractivity contribution in [1.29, 1.82) is 0 Å². The van der Waals surface area contributed by atoms with Gasteiger partial charge in [-0.25, -0.2) is 4.98 Å². The lowest BCUT2D eigenvalue weighted by Gasteiger charge is -2.32. The minimum Gasteiger partial charge on any atom is -0.369 e. The first-order valence-corrected chi connectivity index (χ1v) is 6.31. The lowest BCUT2D eigenvalue weighted by molar-refractivity contribution is 0.158. The minimum absolute atomic E-state index is 0.972. The SMILES string of the molecule is Cc1ccc(NCCN2CCN(C)CC2)nc1. The fourth-order valence-electron chi connectivity index (χ4n) is 1.99. The molecular formula is C13H22N4. The van der Waals surface area contributed by atoms with Crippen LogP contribution in [0.5, 0.6) is 0 Å². The second kappa shape index (κ2) is 5.98. The van der Waals surface area contributed by atoms with Crippen LogP contribution in [0.15, 0.2) is 18.3 Å². The van der Waals surface area contributed by atoms with E-state index in [0.29, 0.717) is 0 Å². The van der Waals surface area contributed by atoms with Crippen LogP contribution in [0, 0.1) is 6.92 Å². The summed E-state index contributed by atoms with van der Waals surface area (Å²) >= 11 is 0. The molecule has 0 bridgehead atoms. The van der Waals surface area contributed by atoms with Crippen LogP contribution in [0.25, 0.3) is 0 Å². The Morgan fingerprint density at radius 3 is 2.65 bits per heavy atom. The molecule has 1 fully saturated rings. The second-order valence-corrected chi connectivity index (χ2v) is 4.79. The van der Waals surface area contributed by atoms with Crippen molar-refractivity contribution >= 4 is 5.82 Å². The first-order valence-electron chi connectivity index (χ1n) is 6.31. The smallest absolute Gasteiger partial charge is 0.125 e. The standard InChI is InChI=1S/C13H22N4/c1-12-3-4-13(15-11-12)14-5-6-17-9-7-16(2)8-10-17/h3-4,11H,5-10H2,1-2H3,(H,14,15). The normalized spacial score (nSPS) is 18.2. The number of aromatic nitrogens is 1. The number of hydrogen-bond acceptors (Lipinski definition) is 4. The number of anilines is 1. The zero-order valence-corrected chi connectivity index (χ0v) is 10.8. The highest BCUT2D eigenvalue weighted by Gasteiger charge is 2.12. The van der Waals surface area contributed by atoms with E-state index in [1.165, 1.54) is 31.7 Å². The van der Waals surface area contributed by atoms with Gasteiger partial charge in [-0.1, -0.05) is 6.07 Å². The largest absolute Gasteiger partial charge is 0.369 e. The quantitative estimate of drug-likeness (QED) is 0.844. The molecule has 2 rings (SSSR count). The molecular weight excluding hydrogens is 212 g/mol. The first kappa shape index (κ1) is 12.3. The maximum Gasteiger partial charge on any atom is 0.125 e. The maximum absolute atomic E-state index is 4.34. The fraction of sp³-hybridized carbons (Fsp3) is 0.615. The van der Waals surface area contributed by atoms with Crippen LogP contribution in [0.4, 0.5) is 5.82 Å². The van der Waals surface area contributed by atoms with Crippen molar-refractivity contribution in [1.82, 2.24) is 14.8 Å². The van der Waals surface area contributed by atoms with Crippen LogP contribution in [0.1, 0.15) is 5.56 Å².